The highest BCUT2D eigenvalue weighted by molar-refractivity contribution is 7.99. The number of fused-ring (bicyclic) bond motifs is 2. The number of rotatable bonds is 4. The molecule has 0 bridgehead atoms. The van der Waals surface area contributed by atoms with Gasteiger partial charge in [0, 0.05) is 27.5 Å². The minimum absolute atomic E-state index is 0.0411. The Bertz CT molecular complexity index is 1370. The summed E-state index contributed by atoms with van der Waals surface area (Å²) in [4.78, 5) is 21.1. The molecule has 3 aromatic carbocycles. The fourth-order valence-corrected chi connectivity index (χ4v) is 4.89. The van der Waals surface area contributed by atoms with E-state index in [1.165, 1.54) is 23.9 Å². The number of nitrogens with zero attached hydrogens (tertiary/aromatic N) is 3. The van der Waals surface area contributed by atoms with Gasteiger partial charge in [-0.25, -0.2) is 0 Å². The Morgan fingerprint density at radius 2 is 1.71 bits per heavy atom. The Labute approximate surface area is 197 Å². The van der Waals surface area contributed by atoms with E-state index in [0.29, 0.717) is 29.1 Å². The molecule has 172 valence electrons. The van der Waals surface area contributed by atoms with Crippen molar-refractivity contribution in [2.24, 2.45) is 0 Å². The summed E-state index contributed by atoms with van der Waals surface area (Å²) in [5.41, 5.74) is 1.79. The van der Waals surface area contributed by atoms with Gasteiger partial charge in [-0.2, -0.15) is 18.2 Å². The maximum Gasteiger partial charge on any atom is 0.416 e. The highest BCUT2D eigenvalue weighted by Crippen LogP contribution is 2.43. The van der Waals surface area contributed by atoms with E-state index in [2.05, 4.69) is 10.1 Å². The average Bonchev–Trinajstić information content (AvgIpc) is 3.29. The maximum atomic E-state index is 13.2. The third-order valence-electron chi connectivity index (χ3n) is 5.42. The number of anilines is 1. The second kappa shape index (κ2) is 8.64. The Morgan fingerprint density at radius 3 is 2.44 bits per heavy atom. The van der Waals surface area contributed by atoms with Crippen LogP contribution in [0.3, 0.4) is 0 Å². The van der Waals surface area contributed by atoms with E-state index in [9.17, 15) is 18.0 Å². The lowest BCUT2D eigenvalue weighted by atomic mass is 10.1. The zero-order valence-electron chi connectivity index (χ0n) is 18.0. The highest BCUT2D eigenvalue weighted by atomic mass is 32.2. The molecule has 1 aliphatic heterocycles. The highest BCUT2D eigenvalue weighted by Gasteiger charge is 2.30. The molecule has 0 fully saturated rings. The number of alkyl halides is 3. The summed E-state index contributed by atoms with van der Waals surface area (Å²) >= 11 is 1.50. The van der Waals surface area contributed by atoms with Crippen LogP contribution in [0.2, 0.25) is 0 Å². The summed E-state index contributed by atoms with van der Waals surface area (Å²) in [6.07, 6.45) is -3.61. The molecule has 1 aliphatic rings. The molecule has 1 aromatic heterocycles. The van der Waals surface area contributed by atoms with Gasteiger partial charge < -0.3 is 9.42 Å². The molecular formula is C25H18F3N3O2S. The Morgan fingerprint density at radius 1 is 0.971 bits per heavy atom. The molecule has 0 aliphatic carbocycles. The summed E-state index contributed by atoms with van der Waals surface area (Å²) in [5, 5.41) is 4.02. The van der Waals surface area contributed by atoms with Gasteiger partial charge in [0.25, 0.3) is 11.8 Å². The molecular weight excluding hydrogens is 463 g/mol. The quantitative estimate of drug-likeness (QED) is 0.316. The molecule has 5 nitrogen and oxygen atoms in total. The van der Waals surface area contributed by atoms with E-state index in [4.69, 9.17) is 4.52 Å². The molecule has 9 heteroatoms. The van der Waals surface area contributed by atoms with Crippen LogP contribution in [0.1, 0.15) is 29.3 Å². The number of carbonyl (C=O) groups is 1. The lowest BCUT2D eigenvalue weighted by Gasteiger charge is -2.22. The molecule has 34 heavy (non-hydrogen) atoms. The normalized spacial score (nSPS) is 13.4. The van der Waals surface area contributed by atoms with Crippen molar-refractivity contribution in [1.82, 2.24) is 10.1 Å². The minimum Gasteiger partial charge on any atom is -0.334 e. The van der Waals surface area contributed by atoms with Crippen LogP contribution in [0.15, 0.2) is 81.0 Å². The number of hydrogen-bond acceptors (Lipinski definition) is 5. The number of benzene rings is 3. The zero-order valence-corrected chi connectivity index (χ0v) is 18.8. The largest absolute Gasteiger partial charge is 0.416 e. The average molecular weight is 481 g/mol. The zero-order chi connectivity index (χ0) is 23.9. The van der Waals surface area contributed by atoms with Gasteiger partial charge in [-0.15, -0.1) is 0 Å². The molecule has 0 radical (unpaired) electrons. The second-order valence-electron chi connectivity index (χ2n) is 7.74. The van der Waals surface area contributed by atoms with Crippen LogP contribution in [0.25, 0.3) is 22.8 Å². The van der Waals surface area contributed by atoms with Crippen LogP contribution in [0.4, 0.5) is 18.9 Å². The van der Waals surface area contributed by atoms with Crippen molar-refractivity contribution in [3.8, 4) is 22.8 Å². The Balaban J connectivity index is 1.50. The van der Waals surface area contributed by atoms with E-state index in [-0.39, 0.29) is 11.8 Å². The number of hydrogen-bond donors (Lipinski definition) is 0. The summed E-state index contributed by atoms with van der Waals surface area (Å²) in [6, 6.07) is 17.6. The number of aromatic nitrogens is 2. The van der Waals surface area contributed by atoms with Crippen LogP contribution < -0.4 is 4.90 Å². The van der Waals surface area contributed by atoms with E-state index in [0.717, 1.165) is 34.0 Å². The summed E-state index contributed by atoms with van der Waals surface area (Å²) < 4.78 is 43.8. The van der Waals surface area contributed by atoms with Gasteiger partial charge in [0.05, 0.1) is 16.8 Å². The van der Waals surface area contributed by atoms with Crippen LogP contribution in [0, 0.1) is 0 Å². The van der Waals surface area contributed by atoms with Crippen LogP contribution in [-0.4, -0.2) is 22.6 Å². The predicted molar refractivity (Wildman–Crippen MR) is 123 cm³/mol. The predicted octanol–water partition coefficient (Wildman–Crippen LogP) is 6.94. The first-order valence-electron chi connectivity index (χ1n) is 10.6. The molecule has 2 heterocycles. The van der Waals surface area contributed by atoms with Crippen molar-refractivity contribution in [1.29, 1.82) is 0 Å². The summed E-state index contributed by atoms with van der Waals surface area (Å²) in [6.45, 7) is 2.60. The van der Waals surface area contributed by atoms with Crippen molar-refractivity contribution < 1.29 is 22.5 Å². The topological polar surface area (TPSA) is 59.2 Å². The molecule has 0 N–H and O–H groups in total. The number of amides is 1. The summed E-state index contributed by atoms with van der Waals surface area (Å²) in [5.74, 6) is 0.393. The van der Waals surface area contributed by atoms with Gasteiger partial charge in [0.15, 0.2) is 0 Å². The minimum atomic E-state index is -4.41. The Hall–Kier alpha value is -3.59. The first kappa shape index (κ1) is 22.2. The van der Waals surface area contributed by atoms with Crippen LogP contribution >= 0.6 is 11.8 Å². The van der Waals surface area contributed by atoms with E-state index < -0.39 is 11.7 Å². The number of halogens is 3. The van der Waals surface area contributed by atoms with E-state index >= 15 is 0 Å². The first-order chi connectivity index (χ1) is 16.3. The third kappa shape index (κ3) is 4.07. The van der Waals surface area contributed by atoms with Gasteiger partial charge >= 0.3 is 6.18 Å². The Kier molecular flexibility index (Phi) is 5.65. The standard InChI is InChI=1S/C25H18F3N3O2S/c1-2-13-31-19-12-9-16(14-21(19)34-20-6-4-3-5-18(20)24(31)32)22-29-23(33-30-22)15-7-10-17(11-8-15)25(26,27)28/h3-12,14H,2,13H2,1H3. The van der Waals surface area contributed by atoms with Crippen molar-refractivity contribution in [2.75, 3.05) is 11.4 Å². The molecule has 0 unspecified atom stereocenters. The van der Waals surface area contributed by atoms with E-state index in [1.54, 1.807) is 4.90 Å². The van der Waals surface area contributed by atoms with Crippen LogP contribution in [-0.2, 0) is 6.18 Å². The van der Waals surface area contributed by atoms with Crippen molar-refractivity contribution in [3.05, 3.63) is 77.9 Å². The third-order valence-corrected chi connectivity index (χ3v) is 6.55. The maximum absolute atomic E-state index is 13.2. The van der Waals surface area contributed by atoms with Crippen molar-refractivity contribution >= 4 is 23.4 Å². The fourth-order valence-electron chi connectivity index (χ4n) is 3.77. The summed E-state index contributed by atoms with van der Waals surface area (Å²) in [7, 11) is 0. The molecule has 0 saturated carbocycles. The molecule has 4 aromatic rings. The second-order valence-corrected chi connectivity index (χ2v) is 8.82. The molecule has 0 atom stereocenters. The van der Waals surface area contributed by atoms with Gasteiger partial charge in [-0.3, -0.25) is 4.79 Å². The molecule has 1 amide bonds. The molecule has 0 saturated heterocycles. The van der Waals surface area contributed by atoms with E-state index in [1.807, 2.05) is 49.4 Å². The van der Waals surface area contributed by atoms with Crippen molar-refractivity contribution in [3.63, 3.8) is 0 Å². The fraction of sp³-hybridized carbons (Fsp3) is 0.160. The van der Waals surface area contributed by atoms with Gasteiger partial charge in [0.1, 0.15) is 0 Å². The van der Waals surface area contributed by atoms with Crippen LogP contribution in [0.5, 0.6) is 0 Å². The van der Waals surface area contributed by atoms with Gasteiger partial charge in [-0.1, -0.05) is 36.0 Å². The molecule has 5 rings (SSSR count). The lowest BCUT2D eigenvalue weighted by Crippen LogP contribution is -2.31. The van der Waals surface area contributed by atoms with Gasteiger partial charge in [0.2, 0.25) is 5.82 Å². The molecule has 0 spiro atoms. The number of carbonyl (C=O) groups excluding carboxylic acids is 1. The monoisotopic (exact) mass is 481 g/mol. The first-order valence-corrected chi connectivity index (χ1v) is 11.4. The SMILES string of the molecule is CCCN1C(=O)c2ccccc2Sc2cc(-c3noc(-c4ccc(C(F)(F)F)cc4)n3)ccc21. The van der Waals surface area contributed by atoms with Crippen molar-refractivity contribution in [2.45, 2.75) is 29.3 Å². The lowest BCUT2D eigenvalue weighted by molar-refractivity contribution is -0.137. The van der Waals surface area contributed by atoms with Gasteiger partial charge in [-0.05, 0) is 61.0 Å². The smallest absolute Gasteiger partial charge is 0.334 e.